The van der Waals surface area contributed by atoms with Gasteiger partial charge in [0.15, 0.2) is 5.96 Å². The SMILES string of the molecule is NC(N)=NC(=O)OCc1cccc(CC(=O)N2CCN(c3cccnc3)CC2)c1. The van der Waals surface area contributed by atoms with Crippen LogP contribution in [-0.4, -0.2) is 54.0 Å². The number of nitrogens with two attached hydrogens (primary N) is 2. The summed E-state index contributed by atoms with van der Waals surface area (Å²) < 4.78 is 4.98. The molecule has 1 aromatic carbocycles. The standard InChI is InChI=1S/C20H24N6O3/c21-19(22)24-20(28)29-14-16-4-1-3-15(11-16)12-18(27)26-9-7-25(8-10-26)17-5-2-6-23-13-17/h1-6,11,13H,7-10,12,14H2,(H4,21,22,24,28). The van der Waals surface area contributed by atoms with Crippen molar-refractivity contribution in [3.63, 3.8) is 0 Å². The number of anilines is 1. The number of amides is 2. The van der Waals surface area contributed by atoms with E-state index in [9.17, 15) is 9.59 Å². The van der Waals surface area contributed by atoms with Gasteiger partial charge in [-0.1, -0.05) is 24.3 Å². The highest BCUT2D eigenvalue weighted by Crippen LogP contribution is 2.15. The molecular formula is C20H24N6O3. The topological polar surface area (TPSA) is 127 Å². The third kappa shape index (κ3) is 5.93. The molecule has 9 heteroatoms. The molecule has 0 radical (unpaired) electrons. The molecule has 1 aromatic heterocycles. The Kier molecular flexibility index (Phi) is 6.62. The molecule has 0 bridgehead atoms. The van der Waals surface area contributed by atoms with Gasteiger partial charge in [0.2, 0.25) is 5.91 Å². The molecule has 0 aliphatic carbocycles. The Balaban J connectivity index is 1.51. The van der Waals surface area contributed by atoms with Crippen LogP contribution in [0.4, 0.5) is 10.5 Å². The first-order chi connectivity index (χ1) is 14.0. The van der Waals surface area contributed by atoms with E-state index < -0.39 is 6.09 Å². The Morgan fingerprint density at radius 1 is 1.07 bits per heavy atom. The van der Waals surface area contributed by atoms with E-state index in [0.29, 0.717) is 19.5 Å². The second kappa shape index (κ2) is 9.54. The minimum Gasteiger partial charge on any atom is -0.443 e. The summed E-state index contributed by atoms with van der Waals surface area (Å²) in [5.74, 6) is -0.275. The maximum absolute atomic E-state index is 12.7. The Bertz CT molecular complexity index is 875. The van der Waals surface area contributed by atoms with Gasteiger partial charge in [-0.3, -0.25) is 9.78 Å². The van der Waals surface area contributed by atoms with Crippen molar-refractivity contribution in [3.8, 4) is 0 Å². The number of nitrogens with zero attached hydrogens (tertiary/aromatic N) is 4. The molecule has 0 unspecified atom stereocenters. The lowest BCUT2D eigenvalue weighted by Gasteiger charge is -2.36. The van der Waals surface area contributed by atoms with Crippen molar-refractivity contribution < 1.29 is 14.3 Å². The molecule has 1 fully saturated rings. The van der Waals surface area contributed by atoms with Crippen molar-refractivity contribution in [1.82, 2.24) is 9.88 Å². The number of aliphatic imine (C=N–C) groups is 1. The van der Waals surface area contributed by atoms with Gasteiger partial charge in [0.25, 0.3) is 0 Å². The Hall–Kier alpha value is -3.62. The van der Waals surface area contributed by atoms with Gasteiger partial charge in [0, 0.05) is 32.4 Å². The van der Waals surface area contributed by atoms with Crippen LogP contribution in [0.25, 0.3) is 0 Å². The fourth-order valence-electron chi connectivity index (χ4n) is 3.15. The molecule has 9 nitrogen and oxygen atoms in total. The number of ether oxygens (including phenoxy) is 1. The molecule has 4 N–H and O–H groups in total. The summed E-state index contributed by atoms with van der Waals surface area (Å²) in [7, 11) is 0. The van der Waals surface area contributed by atoms with Crippen LogP contribution >= 0.6 is 0 Å². The summed E-state index contributed by atoms with van der Waals surface area (Å²) in [4.78, 5) is 35.6. The zero-order chi connectivity index (χ0) is 20.6. The van der Waals surface area contributed by atoms with E-state index in [1.807, 2.05) is 47.5 Å². The molecular weight excluding hydrogens is 372 g/mol. The van der Waals surface area contributed by atoms with Gasteiger partial charge in [-0.05, 0) is 23.3 Å². The van der Waals surface area contributed by atoms with E-state index >= 15 is 0 Å². The Morgan fingerprint density at radius 3 is 2.52 bits per heavy atom. The maximum Gasteiger partial charge on any atom is 0.437 e. The van der Waals surface area contributed by atoms with Gasteiger partial charge < -0.3 is 26.0 Å². The van der Waals surface area contributed by atoms with Gasteiger partial charge in [-0.2, -0.15) is 0 Å². The summed E-state index contributed by atoms with van der Waals surface area (Å²) in [6, 6.07) is 11.3. The van der Waals surface area contributed by atoms with Gasteiger partial charge in [-0.15, -0.1) is 4.99 Å². The van der Waals surface area contributed by atoms with Crippen LogP contribution < -0.4 is 16.4 Å². The smallest absolute Gasteiger partial charge is 0.437 e. The molecule has 29 heavy (non-hydrogen) atoms. The first kappa shape index (κ1) is 20.1. The molecule has 1 saturated heterocycles. The minimum absolute atomic E-state index is 0.0292. The molecule has 0 saturated carbocycles. The van der Waals surface area contributed by atoms with E-state index in [1.54, 1.807) is 6.20 Å². The van der Waals surface area contributed by atoms with Gasteiger partial charge >= 0.3 is 6.09 Å². The first-order valence-electron chi connectivity index (χ1n) is 9.28. The predicted molar refractivity (Wildman–Crippen MR) is 109 cm³/mol. The fourth-order valence-corrected chi connectivity index (χ4v) is 3.15. The number of aromatic nitrogens is 1. The second-order valence-electron chi connectivity index (χ2n) is 6.67. The van der Waals surface area contributed by atoms with Crippen LogP contribution in [0.3, 0.4) is 0 Å². The number of benzene rings is 1. The van der Waals surface area contributed by atoms with Crippen molar-refractivity contribution >= 4 is 23.6 Å². The van der Waals surface area contributed by atoms with Crippen LogP contribution in [0.15, 0.2) is 53.8 Å². The van der Waals surface area contributed by atoms with Gasteiger partial charge in [-0.25, -0.2) is 4.79 Å². The molecule has 0 spiro atoms. The molecule has 0 atom stereocenters. The molecule has 2 amide bonds. The largest absolute Gasteiger partial charge is 0.443 e. The Labute approximate surface area is 169 Å². The summed E-state index contributed by atoms with van der Waals surface area (Å²) in [5, 5.41) is 0. The zero-order valence-electron chi connectivity index (χ0n) is 16.0. The summed E-state index contributed by atoms with van der Waals surface area (Å²) >= 11 is 0. The summed E-state index contributed by atoms with van der Waals surface area (Å²) in [6.07, 6.45) is 3.03. The summed E-state index contributed by atoms with van der Waals surface area (Å²) in [5.41, 5.74) is 13.0. The fraction of sp³-hybridized carbons (Fsp3) is 0.300. The second-order valence-corrected chi connectivity index (χ2v) is 6.67. The van der Waals surface area contributed by atoms with E-state index in [0.717, 1.165) is 29.9 Å². The number of rotatable bonds is 5. The van der Waals surface area contributed by atoms with Crippen LogP contribution in [0.1, 0.15) is 11.1 Å². The van der Waals surface area contributed by atoms with Crippen LogP contribution in [-0.2, 0) is 22.6 Å². The lowest BCUT2D eigenvalue weighted by atomic mass is 10.1. The number of guanidine groups is 1. The number of pyridine rings is 1. The van der Waals surface area contributed by atoms with Crippen molar-refractivity contribution in [2.45, 2.75) is 13.0 Å². The quantitative estimate of drug-likeness (QED) is 0.567. The van der Waals surface area contributed by atoms with Gasteiger partial charge in [0.05, 0.1) is 18.3 Å². The van der Waals surface area contributed by atoms with Crippen LogP contribution in [0.2, 0.25) is 0 Å². The third-order valence-electron chi connectivity index (χ3n) is 4.57. The number of piperazine rings is 1. The third-order valence-corrected chi connectivity index (χ3v) is 4.57. The zero-order valence-corrected chi connectivity index (χ0v) is 16.0. The highest BCUT2D eigenvalue weighted by atomic mass is 16.5. The molecule has 1 aliphatic rings. The number of carbonyl (C=O) groups is 2. The monoisotopic (exact) mass is 396 g/mol. The Morgan fingerprint density at radius 2 is 1.83 bits per heavy atom. The average molecular weight is 396 g/mol. The minimum atomic E-state index is -0.849. The van der Waals surface area contributed by atoms with E-state index in [2.05, 4.69) is 14.9 Å². The van der Waals surface area contributed by atoms with E-state index in [-0.39, 0.29) is 18.5 Å². The van der Waals surface area contributed by atoms with Crippen molar-refractivity contribution in [2.75, 3.05) is 31.1 Å². The maximum atomic E-state index is 12.7. The van der Waals surface area contributed by atoms with Crippen LogP contribution in [0.5, 0.6) is 0 Å². The lowest BCUT2D eigenvalue weighted by Crippen LogP contribution is -2.49. The normalized spacial score (nSPS) is 13.7. The van der Waals surface area contributed by atoms with E-state index in [1.165, 1.54) is 0 Å². The first-order valence-corrected chi connectivity index (χ1v) is 9.28. The lowest BCUT2D eigenvalue weighted by molar-refractivity contribution is -0.130. The molecule has 2 heterocycles. The van der Waals surface area contributed by atoms with Gasteiger partial charge in [0.1, 0.15) is 6.61 Å². The average Bonchev–Trinajstić information content (AvgIpc) is 2.73. The predicted octanol–water partition coefficient (Wildman–Crippen LogP) is 0.883. The van der Waals surface area contributed by atoms with Crippen LogP contribution in [0, 0.1) is 0 Å². The molecule has 1 aliphatic heterocycles. The molecule has 3 rings (SSSR count). The highest BCUT2D eigenvalue weighted by molar-refractivity contribution is 5.87. The molecule has 2 aromatic rings. The number of carbonyl (C=O) groups excluding carboxylic acids is 2. The van der Waals surface area contributed by atoms with E-state index in [4.69, 9.17) is 16.2 Å². The highest BCUT2D eigenvalue weighted by Gasteiger charge is 2.21. The molecule has 152 valence electrons. The van der Waals surface area contributed by atoms with Crippen molar-refractivity contribution in [3.05, 3.63) is 59.9 Å². The summed E-state index contributed by atoms with van der Waals surface area (Å²) in [6.45, 7) is 2.92. The number of hydrogen-bond acceptors (Lipinski definition) is 5. The number of hydrogen-bond donors (Lipinski definition) is 2. The van der Waals surface area contributed by atoms with Crippen molar-refractivity contribution in [2.24, 2.45) is 16.5 Å². The van der Waals surface area contributed by atoms with Crippen molar-refractivity contribution in [1.29, 1.82) is 0 Å².